The first-order valence-electron chi connectivity index (χ1n) is 30.0. The zero-order valence-electron chi connectivity index (χ0n) is 47.0. The standard InChI is InChI=1S/2C32H52O3S.Ca/c2*1-3-5-7-9-11-13-15-17-19-22-28-23-21-25-30-29(28)26-27-32(36(33,34)35)31(30)24-20-18-16-14-12-10-8-6-4-2;/h2*21,23,25-27H,3-20,22,24H2,1-2H3,(H,33,34,35);/q;;+2/p-2. The van der Waals surface area contributed by atoms with Crippen LogP contribution < -0.4 is 0 Å². The quantitative estimate of drug-likeness (QED) is 0.0248. The molecule has 0 aliphatic carbocycles. The van der Waals surface area contributed by atoms with E-state index in [1.165, 1.54) is 204 Å². The van der Waals surface area contributed by atoms with Gasteiger partial charge in [-0.25, -0.2) is 16.8 Å². The maximum absolute atomic E-state index is 12.0. The van der Waals surface area contributed by atoms with Gasteiger partial charge in [0.15, 0.2) is 0 Å². The first kappa shape index (κ1) is 67.6. The van der Waals surface area contributed by atoms with Crippen LogP contribution in [-0.4, -0.2) is 63.7 Å². The van der Waals surface area contributed by atoms with Gasteiger partial charge in [0.2, 0.25) is 0 Å². The van der Waals surface area contributed by atoms with Crippen LogP contribution in [0.1, 0.15) is 281 Å². The van der Waals surface area contributed by atoms with E-state index in [4.69, 9.17) is 0 Å². The van der Waals surface area contributed by atoms with Crippen molar-refractivity contribution in [3.63, 3.8) is 0 Å². The molecule has 0 aliphatic heterocycles. The van der Waals surface area contributed by atoms with Gasteiger partial charge in [0.1, 0.15) is 20.2 Å². The Labute approximate surface area is 478 Å². The maximum atomic E-state index is 12.0. The molecule has 408 valence electrons. The SMILES string of the molecule is CCCCCCCCCCCc1cccc2c(CCCCCCCCCCC)c(S(=O)(=O)[O-])ccc12.CCCCCCCCCCCc1cccc2c(CCCCCCCCCCC)c(S(=O)(=O)[O-])ccc12.[Ca+2]. The van der Waals surface area contributed by atoms with Gasteiger partial charge < -0.3 is 9.11 Å². The Morgan fingerprint density at radius 1 is 0.288 bits per heavy atom. The molecule has 0 atom stereocenters. The van der Waals surface area contributed by atoms with Crippen LogP contribution in [0.2, 0.25) is 0 Å². The van der Waals surface area contributed by atoms with Crippen molar-refractivity contribution < 1.29 is 25.9 Å². The summed E-state index contributed by atoms with van der Waals surface area (Å²) in [4.78, 5) is -0.0374. The first-order chi connectivity index (χ1) is 35.0. The van der Waals surface area contributed by atoms with Crippen molar-refractivity contribution in [1.29, 1.82) is 0 Å². The number of hydrogen-bond donors (Lipinski definition) is 0. The minimum absolute atomic E-state index is 0. The molecule has 73 heavy (non-hydrogen) atoms. The van der Waals surface area contributed by atoms with Crippen LogP contribution in [0.25, 0.3) is 21.5 Å². The summed E-state index contributed by atoms with van der Waals surface area (Å²) >= 11 is 0. The second kappa shape index (κ2) is 41.6. The molecule has 9 heteroatoms. The average molecular weight is 1070 g/mol. The summed E-state index contributed by atoms with van der Waals surface area (Å²) in [6, 6.07) is 19.3. The third kappa shape index (κ3) is 28.1. The Hall–Kier alpha value is -1.52. The second-order valence-corrected chi connectivity index (χ2v) is 24.0. The van der Waals surface area contributed by atoms with Crippen LogP contribution in [0.3, 0.4) is 0 Å². The molecule has 0 fully saturated rings. The summed E-state index contributed by atoms with van der Waals surface area (Å²) < 4.78 is 72.3. The van der Waals surface area contributed by atoms with Gasteiger partial charge in [-0.05, 0) is 107 Å². The zero-order chi connectivity index (χ0) is 52.1. The molecule has 4 aromatic carbocycles. The van der Waals surface area contributed by atoms with Crippen LogP contribution in [0.15, 0.2) is 70.5 Å². The van der Waals surface area contributed by atoms with Gasteiger partial charge in [0, 0.05) is 0 Å². The van der Waals surface area contributed by atoms with Gasteiger partial charge in [0.25, 0.3) is 0 Å². The normalized spacial score (nSPS) is 11.8. The molecule has 0 heterocycles. The molecule has 0 aliphatic rings. The predicted molar refractivity (Wildman–Crippen MR) is 313 cm³/mol. The van der Waals surface area contributed by atoms with Gasteiger partial charge in [-0.1, -0.05) is 282 Å². The Kier molecular flexibility index (Phi) is 38.5. The number of rotatable bonds is 42. The topological polar surface area (TPSA) is 114 Å². The first-order valence-corrected chi connectivity index (χ1v) is 32.8. The molecule has 0 spiro atoms. The van der Waals surface area contributed by atoms with Gasteiger partial charge in [-0.2, -0.15) is 0 Å². The van der Waals surface area contributed by atoms with Gasteiger partial charge in [0.05, 0.1) is 9.79 Å². The molecule has 4 rings (SSSR count). The summed E-state index contributed by atoms with van der Waals surface area (Å²) in [5, 5.41) is 4.16. The summed E-state index contributed by atoms with van der Waals surface area (Å²) in [6.07, 6.45) is 48.8. The largest absolute Gasteiger partial charge is 2.00 e. The Bertz CT molecular complexity index is 2100. The number of fused-ring (bicyclic) bond motifs is 2. The van der Waals surface area contributed by atoms with E-state index < -0.39 is 20.2 Å². The number of benzene rings is 4. The number of hydrogen-bond acceptors (Lipinski definition) is 6. The fourth-order valence-electron chi connectivity index (χ4n) is 10.8. The van der Waals surface area contributed by atoms with Crippen molar-refractivity contribution >= 4 is 79.5 Å². The molecule has 0 aromatic heterocycles. The van der Waals surface area contributed by atoms with Crippen LogP contribution >= 0.6 is 0 Å². The third-order valence-electron chi connectivity index (χ3n) is 15.1. The van der Waals surface area contributed by atoms with Crippen molar-refractivity contribution in [2.75, 3.05) is 0 Å². The molecule has 0 bridgehead atoms. The van der Waals surface area contributed by atoms with E-state index in [1.54, 1.807) is 12.1 Å². The molecular formula is C64H102CaO6S2. The van der Waals surface area contributed by atoms with E-state index >= 15 is 0 Å². The molecule has 0 amide bonds. The van der Waals surface area contributed by atoms with Crippen LogP contribution in [0.5, 0.6) is 0 Å². The molecule has 4 aromatic rings. The van der Waals surface area contributed by atoms with Crippen LogP contribution in [0, 0.1) is 0 Å². The molecule has 0 saturated heterocycles. The van der Waals surface area contributed by atoms with Crippen molar-refractivity contribution in [3.8, 4) is 0 Å². The van der Waals surface area contributed by atoms with Crippen LogP contribution in [-0.2, 0) is 45.9 Å². The monoisotopic (exact) mass is 1070 g/mol. The van der Waals surface area contributed by atoms with E-state index in [-0.39, 0.29) is 47.5 Å². The smallest absolute Gasteiger partial charge is 0.744 e. The molecule has 0 saturated carbocycles. The van der Waals surface area contributed by atoms with Gasteiger partial charge in [-0.3, -0.25) is 0 Å². The van der Waals surface area contributed by atoms with E-state index in [1.807, 2.05) is 36.4 Å². The molecule has 0 N–H and O–H groups in total. The minimum atomic E-state index is -4.48. The summed E-state index contributed by atoms with van der Waals surface area (Å²) in [7, 11) is -8.97. The molecular weight excluding hydrogens is 969 g/mol. The Balaban J connectivity index is 0.000000493. The van der Waals surface area contributed by atoms with E-state index in [2.05, 4.69) is 39.8 Å². The fourth-order valence-corrected chi connectivity index (χ4v) is 12.3. The fraction of sp³-hybridized carbons (Fsp3) is 0.688. The zero-order valence-corrected chi connectivity index (χ0v) is 50.9. The summed E-state index contributed by atoms with van der Waals surface area (Å²) in [5.74, 6) is 0. The predicted octanol–water partition coefficient (Wildman–Crippen LogP) is 19.4. The summed E-state index contributed by atoms with van der Waals surface area (Å²) in [6.45, 7) is 9.00. The second-order valence-electron chi connectivity index (χ2n) is 21.3. The van der Waals surface area contributed by atoms with Crippen molar-refractivity contribution in [2.45, 2.75) is 294 Å². The van der Waals surface area contributed by atoms with Crippen molar-refractivity contribution in [3.05, 3.63) is 82.9 Å². The number of unbranched alkanes of at least 4 members (excludes halogenated alkanes) is 32. The summed E-state index contributed by atoms with van der Waals surface area (Å²) in [5.41, 5.74) is 4.02. The number of aryl methyl sites for hydroxylation is 4. The van der Waals surface area contributed by atoms with Crippen molar-refractivity contribution in [2.24, 2.45) is 0 Å². The van der Waals surface area contributed by atoms with Crippen molar-refractivity contribution in [1.82, 2.24) is 0 Å². The maximum Gasteiger partial charge on any atom is 2.00 e. The average Bonchev–Trinajstić information content (AvgIpc) is 3.36. The van der Waals surface area contributed by atoms with E-state index in [9.17, 15) is 25.9 Å². The van der Waals surface area contributed by atoms with Gasteiger partial charge in [-0.15, -0.1) is 0 Å². The Morgan fingerprint density at radius 2 is 0.521 bits per heavy atom. The third-order valence-corrected chi connectivity index (χ3v) is 17.0. The van der Waals surface area contributed by atoms with Crippen LogP contribution in [0.4, 0.5) is 0 Å². The van der Waals surface area contributed by atoms with Gasteiger partial charge >= 0.3 is 37.7 Å². The van der Waals surface area contributed by atoms with E-state index in [0.29, 0.717) is 12.8 Å². The van der Waals surface area contributed by atoms with E-state index in [0.717, 1.165) is 84.0 Å². The minimum Gasteiger partial charge on any atom is -0.744 e. The Morgan fingerprint density at radius 3 is 0.767 bits per heavy atom. The molecule has 6 nitrogen and oxygen atoms in total. The molecule has 0 radical (unpaired) electrons. The molecule has 0 unspecified atom stereocenters.